The van der Waals surface area contributed by atoms with Crippen LogP contribution in [0.4, 0.5) is 4.79 Å². The topological polar surface area (TPSA) is 108 Å². The van der Waals surface area contributed by atoms with E-state index in [9.17, 15) is 9.59 Å². The Labute approximate surface area is 128 Å². The normalized spacial score (nSPS) is 17.6. The minimum absolute atomic E-state index is 0.228. The summed E-state index contributed by atoms with van der Waals surface area (Å²) in [5.41, 5.74) is 1.71. The number of carbonyl (C=O) groups is 2. The van der Waals surface area contributed by atoms with Crippen molar-refractivity contribution in [1.82, 2.24) is 10.6 Å². The van der Waals surface area contributed by atoms with E-state index in [-0.39, 0.29) is 6.61 Å². The maximum absolute atomic E-state index is 12.1. The van der Waals surface area contributed by atoms with Crippen molar-refractivity contribution in [3.63, 3.8) is 0 Å². The number of hydrogen-bond acceptors (Lipinski definition) is 5. The maximum Gasteiger partial charge on any atom is 0.488 e. The smallest absolute Gasteiger partial charge is 0.463 e. The van der Waals surface area contributed by atoms with E-state index in [2.05, 4.69) is 10.6 Å². The zero-order valence-corrected chi connectivity index (χ0v) is 12.3. The molecule has 1 aromatic rings. The molecule has 1 heterocycles. The molecule has 0 fully saturated rings. The van der Waals surface area contributed by atoms with Crippen LogP contribution >= 0.6 is 0 Å². The molecule has 116 valence electrons. The van der Waals surface area contributed by atoms with Crippen molar-refractivity contribution in [2.75, 3.05) is 6.61 Å². The van der Waals surface area contributed by atoms with E-state index in [0.29, 0.717) is 22.3 Å². The minimum atomic E-state index is -1.57. The number of esters is 1. The van der Waals surface area contributed by atoms with Crippen LogP contribution in [-0.4, -0.2) is 35.8 Å². The molecule has 1 aromatic carbocycles. The molecule has 7 nitrogen and oxygen atoms in total. The zero-order chi connectivity index (χ0) is 16.3. The van der Waals surface area contributed by atoms with Gasteiger partial charge in [-0.15, -0.1) is 0 Å². The molecular formula is C14H17BN2O5. The average Bonchev–Trinajstić information content (AvgIpc) is 2.46. The quantitative estimate of drug-likeness (QED) is 0.445. The molecule has 0 bridgehead atoms. The Morgan fingerprint density at radius 2 is 1.95 bits per heavy atom. The van der Waals surface area contributed by atoms with Gasteiger partial charge in [0.2, 0.25) is 0 Å². The van der Waals surface area contributed by atoms with Gasteiger partial charge in [-0.25, -0.2) is 9.59 Å². The molecule has 1 aliphatic rings. The fourth-order valence-corrected chi connectivity index (χ4v) is 2.28. The monoisotopic (exact) mass is 304 g/mol. The van der Waals surface area contributed by atoms with E-state index in [4.69, 9.17) is 14.8 Å². The van der Waals surface area contributed by atoms with Crippen molar-refractivity contribution < 1.29 is 24.4 Å². The Balaban J connectivity index is 2.38. The lowest BCUT2D eigenvalue weighted by atomic mass is 9.79. The van der Waals surface area contributed by atoms with Crippen molar-refractivity contribution >= 4 is 24.6 Å². The Kier molecular flexibility index (Phi) is 4.84. The van der Waals surface area contributed by atoms with Gasteiger partial charge >= 0.3 is 19.1 Å². The molecule has 0 saturated carbocycles. The third kappa shape index (κ3) is 3.29. The Morgan fingerprint density at radius 1 is 1.32 bits per heavy atom. The van der Waals surface area contributed by atoms with Gasteiger partial charge in [0.05, 0.1) is 18.2 Å². The van der Waals surface area contributed by atoms with Crippen molar-refractivity contribution in [2.24, 2.45) is 0 Å². The second-order valence-electron chi connectivity index (χ2n) is 4.83. The number of benzene rings is 1. The molecule has 1 atom stereocenters. The van der Waals surface area contributed by atoms with Gasteiger partial charge in [-0.2, -0.15) is 0 Å². The highest BCUT2D eigenvalue weighted by Crippen LogP contribution is 2.27. The molecule has 2 amide bonds. The molecule has 0 aromatic heterocycles. The van der Waals surface area contributed by atoms with Gasteiger partial charge < -0.3 is 25.4 Å². The van der Waals surface area contributed by atoms with Gasteiger partial charge in [-0.3, -0.25) is 0 Å². The number of rotatable bonds is 4. The van der Waals surface area contributed by atoms with Crippen molar-refractivity contribution in [3.8, 4) is 0 Å². The molecule has 1 aliphatic heterocycles. The predicted molar refractivity (Wildman–Crippen MR) is 80.0 cm³/mol. The SMILES string of the molecule is CCOC(=O)C1=C(C)NC(=O)NC1c1ccc(B(O)O)cc1. The number of amides is 2. The Hall–Kier alpha value is -2.32. The summed E-state index contributed by atoms with van der Waals surface area (Å²) in [5.74, 6) is -0.510. The van der Waals surface area contributed by atoms with Crippen molar-refractivity contribution in [2.45, 2.75) is 19.9 Å². The number of allylic oxidation sites excluding steroid dienone is 1. The fraction of sp³-hybridized carbons (Fsp3) is 0.286. The summed E-state index contributed by atoms with van der Waals surface area (Å²) < 4.78 is 5.03. The number of nitrogens with one attached hydrogen (secondary N) is 2. The third-order valence-electron chi connectivity index (χ3n) is 3.33. The third-order valence-corrected chi connectivity index (χ3v) is 3.33. The van der Waals surface area contributed by atoms with Gasteiger partial charge in [0.15, 0.2) is 0 Å². The highest BCUT2D eigenvalue weighted by molar-refractivity contribution is 6.58. The number of hydrogen-bond donors (Lipinski definition) is 4. The van der Waals surface area contributed by atoms with Gasteiger partial charge in [0.1, 0.15) is 0 Å². The van der Waals surface area contributed by atoms with Crippen LogP contribution in [0, 0.1) is 0 Å². The first-order chi connectivity index (χ1) is 10.4. The van der Waals surface area contributed by atoms with Crippen LogP contribution in [-0.2, 0) is 9.53 Å². The molecular weight excluding hydrogens is 287 g/mol. The van der Waals surface area contributed by atoms with Gasteiger partial charge in [-0.05, 0) is 24.9 Å². The molecule has 0 spiro atoms. The van der Waals surface area contributed by atoms with Crippen LogP contribution < -0.4 is 16.1 Å². The highest BCUT2D eigenvalue weighted by Gasteiger charge is 2.32. The van der Waals surface area contributed by atoms with Crippen LogP contribution in [0.1, 0.15) is 25.5 Å². The first kappa shape index (κ1) is 16.1. The first-order valence-electron chi connectivity index (χ1n) is 6.85. The molecule has 8 heteroatoms. The molecule has 1 unspecified atom stereocenters. The van der Waals surface area contributed by atoms with Crippen molar-refractivity contribution in [1.29, 1.82) is 0 Å². The lowest BCUT2D eigenvalue weighted by Crippen LogP contribution is -2.45. The average molecular weight is 304 g/mol. The molecule has 0 radical (unpaired) electrons. The molecule has 0 aliphatic carbocycles. The summed E-state index contributed by atoms with van der Waals surface area (Å²) in [6.07, 6.45) is 0. The lowest BCUT2D eigenvalue weighted by Gasteiger charge is -2.28. The maximum atomic E-state index is 12.1. The highest BCUT2D eigenvalue weighted by atomic mass is 16.5. The van der Waals surface area contributed by atoms with Crippen LogP contribution in [0.2, 0.25) is 0 Å². The number of carbonyl (C=O) groups excluding carboxylic acids is 2. The van der Waals surface area contributed by atoms with Crippen molar-refractivity contribution in [3.05, 3.63) is 41.1 Å². The minimum Gasteiger partial charge on any atom is -0.463 e. The Morgan fingerprint density at radius 3 is 2.50 bits per heavy atom. The van der Waals surface area contributed by atoms with E-state index in [1.54, 1.807) is 26.0 Å². The standard InChI is InChI=1S/C14H17BN2O5/c1-3-22-13(18)11-8(2)16-14(19)17-12(11)9-4-6-10(7-5-9)15(20)21/h4-7,12,20-21H,3H2,1-2H3,(H2,16,17,19). The molecule has 0 saturated heterocycles. The van der Waals surface area contributed by atoms with Gasteiger partial charge in [0.25, 0.3) is 0 Å². The molecule has 22 heavy (non-hydrogen) atoms. The summed E-state index contributed by atoms with van der Waals surface area (Å²) in [7, 11) is -1.57. The van der Waals surface area contributed by atoms with Crippen LogP contribution in [0.5, 0.6) is 0 Å². The fourth-order valence-electron chi connectivity index (χ4n) is 2.28. The summed E-state index contributed by atoms with van der Waals surface area (Å²) >= 11 is 0. The van der Waals surface area contributed by atoms with E-state index in [0.717, 1.165) is 0 Å². The number of ether oxygens (including phenoxy) is 1. The summed E-state index contributed by atoms with van der Waals surface area (Å²) in [5, 5.41) is 23.4. The lowest BCUT2D eigenvalue weighted by molar-refractivity contribution is -0.139. The second-order valence-corrected chi connectivity index (χ2v) is 4.83. The molecule has 4 N–H and O–H groups in total. The van der Waals surface area contributed by atoms with Crippen LogP contribution in [0.15, 0.2) is 35.5 Å². The van der Waals surface area contributed by atoms with E-state index in [1.165, 1.54) is 12.1 Å². The summed E-state index contributed by atoms with van der Waals surface area (Å²) in [6, 6.07) is 5.22. The van der Waals surface area contributed by atoms with Gasteiger partial charge in [-0.1, -0.05) is 24.3 Å². The second kappa shape index (κ2) is 6.63. The Bertz CT molecular complexity index is 612. The van der Waals surface area contributed by atoms with Crippen LogP contribution in [0.25, 0.3) is 0 Å². The van der Waals surface area contributed by atoms with E-state index >= 15 is 0 Å². The largest absolute Gasteiger partial charge is 0.488 e. The van der Waals surface area contributed by atoms with Crippen LogP contribution in [0.3, 0.4) is 0 Å². The summed E-state index contributed by atoms with van der Waals surface area (Å²) in [6.45, 7) is 3.56. The summed E-state index contributed by atoms with van der Waals surface area (Å²) in [4.78, 5) is 23.8. The predicted octanol–water partition coefficient (Wildman–Crippen LogP) is -0.443. The zero-order valence-electron chi connectivity index (χ0n) is 12.3. The van der Waals surface area contributed by atoms with E-state index < -0.39 is 25.2 Å². The van der Waals surface area contributed by atoms with E-state index in [1.807, 2.05) is 0 Å². The number of urea groups is 1. The van der Waals surface area contributed by atoms with Gasteiger partial charge in [0, 0.05) is 5.70 Å². The first-order valence-corrected chi connectivity index (χ1v) is 6.85. The molecule has 2 rings (SSSR count).